The number of fused-ring (bicyclic) bond motifs is 1. The third-order valence-corrected chi connectivity index (χ3v) is 5.18. The number of rotatable bonds is 4. The number of hydrogen-bond acceptors (Lipinski definition) is 3. The van der Waals surface area contributed by atoms with Gasteiger partial charge in [0.1, 0.15) is 0 Å². The standard InChI is InChI=1S/C15H21NOS/c1-16-14(15-10-18-7-6-17-15)9-12-8-11-4-2-3-5-13(11)12/h2-5,12,14-16H,6-10H2,1H3. The van der Waals surface area contributed by atoms with E-state index in [0.29, 0.717) is 12.1 Å². The Labute approximate surface area is 113 Å². The molecule has 1 aromatic carbocycles. The predicted molar refractivity (Wildman–Crippen MR) is 77.4 cm³/mol. The molecule has 2 aliphatic rings. The highest BCUT2D eigenvalue weighted by molar-refractivity contribution is 7.99. The summed E-state index contributed by atoms with van der Waals surface area (Å²) in [5.74, 6) is 3.02. The second-order valence-electron chi connectivity index (χ2n) is 5.21. The Hall–Kier alpha value is -0.510. The molecule has 1 aliphatic carbocycles. The van der Waals surface area contributed by atoms with Crippen LogP contribution in [0.15, 0.2) is 24.3 Å². The first-order valence-corrected chi connectivity index (χ1v) is 7.98. The SMILES string of the molecule is CNC(CC1Cc2ccccc21)C1CSCCO1. The van der Waals surface area contributed by atoms with Crippen molar-refractivity contribution in [3.05, 3.63) is 35.4 Å². The van der Waals surface area contributed by atoms with Crippen molar-refractivity contribution >= 4 is 11.8 Å². The maximum absolute atomic E-state index is 5.91. The highest BCUT2D eigenvalue weighted by atomic mass is 32.2. The number of likely N-dealkylation sites (N-methyl/N-ethyl adjacent to an activating group) is 1. The van der Waals surface area contributed by atoms with E-state index in [1.54, 1.807) is 5.56 Å². The summed E-state index contributed by atoms with van der Waals surface area (Å²) in [5, 5.41) is 3.46. The van der Waals surface area contributed by atoms with Crippen LogP contribution in [-0.4, -0.2) is 37.3 Å². The molecule has 3 heteroatoms. The Morgan fingerprint density at radius 1 is 1.44 bits per heavy atom. The molecule has 3 atom stereocenters. The van der Waals surface area contributed by atoms with E-state index in [4.69, 9.17) is 4.74 Å². The summed E-state index contributed by atoms with van der Waals surface area (Å²) in [7, 11) is 2.07. The minimum atomic E-state index is 0.390. The summed E-state index contributed by atoms with van der Waals surface area (Å²) in [6, 6.07) is 9.34. The molecule has 2 nitrogen and oxygen atoms in total. The van der Waals surface area contributed by atoms with Gasteiger partial charge >= 0.3 is 0 Å². The minimum absolute atomic E-state index is 0.390. The van der Waals surface area contributed by atoms with Crippen molar-refractivity contribution in [1.82, 2.24) is 5.32 Å². The van der Waals surface area contributed by atoms with Crippen LogP contribution in [0.25, 0.3) is 0 Å². The second-order valence-corrected chi connectivity index (χ2v) is 6.36. The summed E-state index contributed by atoms with van der Waals surface area (Å²) < 4.78 is 5.91. The quantitative estimate of drug-likeness (QED) is 0.901. The zero-order valence-corrected chi connectivity index (χ0v) is 11.7. The largest absolute Gasteiger partial charge is 0.375 e. The van der Waals surface area contributed by atoms with Crippen LogP contribution in [0.3, 0.4) is 0 Å². The van der Waals surface area contributed by atoms with Crippen molar-refractivity contribution < 1.29 is 4.74 Å². The summed E-state index contributed by atoms with van der Waals surface area (Å²) >= 11 is 2.02. The van der Waals surface area contributed by atoms with Crippen LogP contribution in [0, 0.1) is 0 Å². The molecule has 1 aliphatic heterocycles. The van der Waals surface area contributed by atoms with E-state index in [1.807, 2.05) is 11.8 Å². The van der Waals surface area contributed by atoms with Crippen LogP contribution in [0.2, 0.25) is 0 Å². The predicted octanol–water partition coefficient (Wildman–Crippen LogP) is 2.44. The molecule has 1 aromatic rings. The Bertz CT molecular complexity index is 403. The van der Waals surface area contributed by atoms with Gasteiger partial charge in [0.2, 0.25) is 0 Å². The van der Waals surface area contributed by atoms with E-state index in [9.17, 15) is 0 Å². The summed E-state index contributed by atoms with van der Waals surface area (Å²) in [6.45, 7) is 0.911. The van der Waals surface area contributed by atoms with Crippen LogP contribution in [0.4, 0.5) is 0 Å². The maximum Gasteiger partial charge on any atom is 0.0818 e. The first-order chi connectivity index (χ1) is 8.88. The fourth-order valence-electron chi connectivity index (χ4n) is 3.07. The van der Waals surface area contributed by atoms with Crippen molar-refractivity contribution in [2.24, 2.45) is 0 Å². The molecular weight excluding hydrogens is 242 g/mol. The van der Waals surface area contributed by atoms with Crippen LogP contribution in [0.1, 0.15) is 23.5 Å². The molecule has 0 spiro atoms. The molecular formula is C15H21NOS. The smallest absolute Gasteiger partial charge is 0.0818 e. The summed E-state index contributed by atoms with van der Waals surface area (Å²) in [6.07, 6.45) is 2.84. The van der Waals surface area contributed by atoms with E-state index in [1.165, 1.54) is 18.4 Å². The monoisotopic (exact) mass is 263 g/mol. The fourth-order valence-corrected chi connectivity index (χ4v) is 4.01. The van der Waals surface area contributed by atoms with E-state index in [2.05, 4.69) is 36.6 Å². The topological polar surface area (TPSA) is 21.3 Å². The first kappa shape index (κ1) is 12.5. The Kier molecular flexibility index (Phi) is 3.92. The molecule has 3 rings (SSSR count). The van der Waals surface area contributed by atoms with Crippen molar-refractivity contribution in [3.8, 4) is 0 Å². The first-order valence-electron chi connectivity index (χ1n) is 6.83. The Morgan fingerprint density at radius 3 is 3.06 bits per heavy atom. The molecule has 18 heavy (non-hydrogen) atoms. The lowest BCUT2D eigenvalue weighted by molar-refractivity contribution is 0.0443. The zero-order chi connectivity index (χ0) is 12.4. The minimum Gasteiger partial charge on any atom is -0.375 e. The lowest BCUT2D eigenvalue weighted by Crippen LogP contribution is -2.45. The van der Waals surface area contributed by atoms with Crippen molar-refractivity contribution in [3.63, 3.8) is 0 Å². The van der Waals surface area contributed by atoms with Crippen LogP contribution < -0.4 is 5.32 Å². The zero-order valence-electron chi connectivity index (χ0n) is 10.9. The molecule has 98 valence electrons. The number of benzene rings is 1. The highest BCUT2D eigenvalue weighted by Crippen LogP contribution is 2.38. The van der Waals surface area contributed by atoms with Crippen molar-refractivity contribution in [2.45, 2.75) is 30.9 Å². The van der Waals surface area contributed by atoms with Gasteiger partial charge in [-0.3, -0.25) is 0 Å². The molecule has 0 aromatic heterocycles. The van der Waals surface area contributed by atoms with E-state index >= 15 is 0 Å². The molecule has 1 saturated heterocycles. The highest BCUT2D eigenvalue weighted by Gasteiger charge is 2.31. The van der Waals surface area contributed by atoms with Gasteiger partial charge in [0.05, 0.1) is 12.7 Å². The van der Waals surface area contributed by atoms with Gasteiger partial charge in [0.15, 0.2) is 0 Å². The molecule has 3 unspecified atom stereocenters. The van der Waals surface area contributed by atoms with Gasteiger partial charge in [0, 0.05) is 17.5 Å². The van der Waals surface area contributed by atoms with Crippen LogP contribution >= 0.6 is 11.8 Å². The van der Waals surface area contributed by atoms with Gasteiger partial charge in [-0.15, -0.1) is 0 Å². The summed E-state index contributed by atoms with van der Waals surface area (Å²) in [5.41, 5.74) is 3.09. The number of thioether (sulfide) groups is 1. The third kappa shape index (κ3) is 2.44. The van der Waals surface area contributed by atoms with E-state index < -0.39 is 0 Å². The number of ether oxygens (including phenoxy) is 1. The van der Waals surface area contributed by atoms with Crippen LogP contribution in [0.5, 0.6) is 0 Å². The Balaban J connectivity index is 1.61. The number of hydrogen-bond donors (Lipinski definition) is 1. The molecule has 0 saturated carbocycles. The lowest BCUT2D eigenvalue weighted by atomic mass is 9.74. The average molecular weight is 263 g/mol. The van der Waals surface area contributed by atoms with E-state index in [-0.39, 0.29) is 0 Å². The van der Waals surface area contributed by atoms with Crippen LogP contribution in [-0.2, 0) is 11.2 Å². The van der Waals surface area contributed by atoms with E-state index in [0.717, 1.165) is 24.0 Å². The summed E-state index contributed by atoms with van der Waals surface area (Å²) in [4.78, 5) is 0. The van der Waals surface area contributed by atoms with Gasteiger partial charge in [-0.25, -0.2) is 0 Å². The molecule has 0 bridgehead atoms. The van der Waals surface area contributed by atoms with Gasteiger partial charge in [-0.1, -0.05) is 24.3 Å². The van der Waals surface area contributed by atoms with Crippen molar-refractivity contribution in [1.29, 1.82) is 0 Å². The molecule has 0 radical (unpaired) electrons. The molecule has 0 amide bonds. The number of nitrogens with one attached hydrogen (secondary N) is 1. The normalized spacial score (nSPS) is 28.3. The van der Waals surface area contributed by atoms with Gasteiger partial charge in [-0.2, -0.15) is 11.8 Å². The fraction of sp³-hybridized carbons (Fsp3) is 0.600. The lowest BCUT2D eigenvalue weighted by Gasteiger charge is -2.36. The second kappa shape index (κ2) is 5.64. The van der Waals surface area contributed by atoms with Gasteiger partial charge in [0.25, 0.3) is 0 Å². The molecule has 1 heterocycles. The maximum atomic E-state index is 5.91. The third-order valence-electron chi connectivity index (χ3n) is 4.16. The molecule has 1 fully saturated rings. The van der Waals surface area contributed by atoms with Gasteiger partial charge < -0.3 is 10.1 Å². The van der Waals surface area contributed by atoms with Crippen molar-refractivity contribution in [2.75, 3.05) is 25.2 Å². The molecule has 1 N–H and O–H groups in total. The average Bonchev–Trinajstić information content (AvgIpc) is 2.41. The Morgan fingerprint density at radius 2 is 2.33 bits per heavy atom. The van der Waals surface area contributed by atoms with Gasteiger partial charge in [-0.05, 0) is 36.9 Å².